The standard InChI is InChI=1S/C16H24ClN3/c1-4-20(14-7-5-6-8-14)19-12(2)15-11-13(17)9-10-16(15)18-3/h9-11,14,18H,4-8H2,1-3H3/b19-12+. The van der Waals surface area contributed by atoms with Gasteiger partial charge in [-0.3, -0.25) is 5.01 Å². The number of nitrogens with zero attached hydrogens (tertiary/aromatic N) is 2. The van der Waals surface area contributed by atoms with Crippen molar-refractivity contribution in [2.45, 2.75) is 45.6 Å². The fraction of sp³-hybridized carbons (Fsp3) is 0.562. The molecule has 0 saturated heterocycles. The predicted octanol–water partition coefficient (Wildman–Crippen LogP) is 4.37. The summed E-state index contributed by atoms with van der Waals surface area (Å²) in [7, 11) is 1.93. The van der Waals surface area contributed by atoms with E-state index in [1.165, 1.54) is 25.7 Å². The van der Waals surface area contributed by atoms with Gasteiger partial charge in [0.25, 0.3) is 0 Å². The minimum atomic E-state index is 0.604. The Morgan fingerprint density at radius 1 is 1.40 bits per heavy atom. The van der Waals surface area contributed by atoms with Crippen LogP contribution in [-0.4, -0.2) is 30.4 Å². The van der Waals surface area contributed by atoms with Gasteiger partial charge in [-0.1, -0.05) is 24.4 Å². The number of hydrazone groups is 1. The first-order valence-electron chi connectivity index (χ1n) is 7.45. The van der Waals surface area contributed by atoms with Crippen molar-refractivity contribution in [3.8, 4) is 0 Å². The van der Waals surface area contributed by atoms with Gasteiger partial charge in [-0.25, -0.2) is 0 Å². The summed E-state index contributed by atoms with van der Waals surface area (Å²) >= 11 is 6.12. The number of rotatable bonds is 5. The van der Waals surface area contributed by atoms with E-state index < -0.39 is 0 Å². The van der Waals surface area contributed by atoms with Crippen LogP contribution < -0.4 is 5.32 Å². The van der Waals surface area contributed by atoms with Crippen LogP contribution in [0.1, 0.15) is 45.1 Å². The molecule has 0 bridgehead atoms. The summed E-state index contributed by atoms with van der Waals surface area (Å²) in [6.45, 7) is 5.19. The van der Waals surface area contributed by atoms with E-state index in [1.54, 1.807) is 0 Å². The van der Waals surface area contributed by atoms with Crippen LogP contribution >= 0.6 is 11.6 Å². The molecule has 1 aromatic carbocycles. The monoisotopic (exact) mass is 293 g/mol. The van der Waals surface area contributed by atoms with Crippen LogP contribution in [0.2, 0.25) is 5.02 Å². The quantitative estimate of drug-likeness (QED) is 0.645. The first kappa shape index (κ1) is 15.2. The zero-order valence-electron chi connectivity index (χ0n) is 12.6. The molecule has 4 heteroatoms. The third kappa shape index (κ3) is 3.45. The van der Waals surface area contributed by atoms with Gasteiger partial charge in [-0.2, -0.15) is 5.10 Å². The van der Waals surface area contributed by atoms with E-state index in [2.05, 4.69) is 24.2 Å². The SMILES string of the molecule is CCN(/N=C(\C)c1cc(Cl)ccc1NC)C1CCCC1. The Bertz CT molecular complexity index is 479. The molecule has 1 aliphatic carbocycles. The lowest BCUT2D eigenvalue weighted by molar-refractivity contribution is 0.219. The molecule has 1 N–H and O–H groups in total. The highest BCUT2D eigenvalue weighted by Gasteiger charge is 2.20. The van der Waals surface area contributed by atoms with E-state index in [0.29, 0.717) is 6.04 Å². The maximum Gasteiger partial charge on any atom is 0.0668 e. The number of nitrogens with one attached hydrogen (secondary N) is 1. The molecule has 1 saturated carbocycles. The van der Waals surface area contributed by atoms with Crippen molar-refractivity contribution in [2.24, 2.45) is 5.10 Å². The van der Waals surface area contributed by atoms with Gasteiger partial charge in [0.1, 0.15) is 0 Å². The Hall–Kier alpha value is -1.22. The molecular weight excluding hydrogens is 270 g/mol. The molecule has 0 unspecified atom stereocenters. The minimum absolute atomic E-state index is 0.604. The van der Waals surface area contributed by atoms with Crippen LogP contribution in [0, 0.1) is 0 Å². The Morgan fingerprint density at radius 2 is 2.10 bits per heavy atom. The Morgan fingerprint density at radius 3 is 2.70 bits per heavy atom. The smallest absolute Gasteiger partial charge is 0.0668 e. The highest BCUT2D eigenvalue weighted by atomic mass is 35.5. The molecule has 0 spiro atoms. The van der Waals surface area contributed by atoms with E-state index in [4.69, 9.17) is 16.7 Å². The van der Waals surface area contributed by atoms with Crippen LogP contribution in [0.15, 0.2) is 23.3 Å². The van der Waals surface area contributed by atoms with E-state index in [1.807, 2.05) is 25.2 Å². The van der Waals surface area contributed by atoms with Crippen molar-refractivity contribution in [3.05, 3.63) is 28.8 Å². The predicted molar refractivity (Wildman–Crippen MR) is 87.8 cm³/mol. The summed E-state index contributed by atoms with van der Waals surface area (Å²) in [5.74, 6) is 0. The fourth-order valence-corrected chi connectivity index (χ4v) is 3.07. The molecule has 20 heavy (non-hydrogen) atoms. The van der Waals surface area contributed by atoms with Gasteiger partial charge < -0.3 is 5.32 Å². The van der Waals surface area contributed by atoms with E-state index in [0.717, 1.165) is 28.5 Å². The van der Waals surface area contributed by atoms with Crippen molar-refractivity contribution < 1.29 is 0 Å². The van der Waals surface area contributed by atoms with Gasteiger partial charge in [0.2, 0.25) is 0 Å². The van der Waals surface area contributed by atoms with Crippen molar-refractivity contribution >= 4 is 23.0 Å². The lowest BCUT2D eigenvalue weighted by Gasteiger charge is -2.25. The van der Waals surface area contributed by atoms with Crippen LogP contribution in [-0.2, 0) is 0 Å². The third-order valence-electron chi connectivity index (χ3n) is 3.99. The van der Waals surface area contributed by atoms with Gasteiger partial charge in [0, 0.05) is 35.9 Å². The third-order valence-corrected chi connectivity index (χ3v) is 4.22. The molecule has 1 aromatic rings. The average molecular weight is 294 g/mol. The molecule has 2 rings (SSSR count). The zero-order chi connectivity index (χ0) is 14.5. The number of hydrogen-bond donors (Lipinski definition) is 1. The number of benzene rings is 1. The molecule has 0 atom stereocenters. The molecule has 0 aromatic heterocycles. The van der Waals surface area contributed by atoms with Crippen molar-refractivity contribution in [1.82, 2.24) is 5.01 Å². The van der Waals surface area contributed by atoms with Gasteiger partial charge >= 0.3 is 0 Å². The Kier molecular flexibility index (Phi) is 5.30. The van der Waals surface area contributed by atoms with Gasteiger partial charge in [-0.15, -0.1) is 0 Å². The fourth-order valence-electron chi connectivity index (χ4n) is 2.89. The second-order valence-electron chi connectivity index (χ2n) is 5.32. The lowest BCUT2D eigenvalue weighted by Crippen LogP contribution is -2.29. The first-order chi connectivity index (χ1) is 9.65. The van der Waals surface area contributed by atoms with Crippen molar-refractivity contribution in [2.75, 3.05) is 18.9 Å². The maximum atomic E-state index is 6.12. The zero-order valence-corrected chi connectivity index (χ0v) is 13.4. The maximum absolute atomic E-state index is 6.12. The number of halogens is 1. The normalized spacial score (nSPS) is 16.5. The molecule has 1 fully saturated rings. The largest absolute Gasteiger partial charge is 0.388 e. The van der Waals surface area contributed by atoms with E-state index in [-0.39, 0.29) is 0 Å². The Labute approximate surface area is 127 Å². The summed E-state index contributed by atoms with van der Waals surface area (Å²) in [4.78, 5) is 0. The van der Waals surface area contributed by atoms with Crippen LogP contribution in [0.25, 0.3) is 0 Å². The molecule has 110 valence electrons. The summed E-state index contributed by atoms with van der Waals surface area (Å²) in [5, 5.41) is 11.0. The lowest BCUT2D eigenvalue weighted by atomic mass is 10.1. The van der Waals surface area contributed by atoms with E-state index in [9.17, 15) is 0 Å². The van der Waals surface area contributed by atoms with Crippen molar-refractivity contribution in [1.29, 1.82) is 0 Å². The second kappa shape index (κ2) is 6.98. The topological polar surface area (TPSA) is 27.6 Å². The molecule has 0 heterocycles. The number of anilines is 1. The van der Waals surface area contributed by atoms with Gasteiger partial charge in [0.05, 0.1) is 5.71 Å². The molecule has 0 radical (unpaired) electrons. The summed E-state index contributed by atoms with van der Waals surface area (Å²) < 4.78 is 0. The molecule has 0 aliphatic heterocycles. The first-order valence-corrected chi connectivity index (χ1v) is 7.83. The van der Waals surface area contributed by atoms with Crippen LogP contribution in [0.4, 0.5) is 5.69 Å². The molecular formula is C16H24ClN3. The van der Waals surface area contributed by atoms with Crippen LogP contribution in [0.5, 0.6) is 0 Å². The summed E-state index contributed by atoms with van der Waals surface area (Å²) in [6, 6.07) is 6.49. The summed E-state index contributed by atoms with van der Waals surface area (Å²) in [5.41, 5.74) is 3.17. The van der Waals surface area contributed by atoms with Crippen LogP contribution in [0.3, 0.4) is 0 Å². The minimum Gasteiger partial charge on any atom is -0.388 e. The molecule has 1 aliphatic rings. The summed E-state index contributed by atoms with van der Waals surface area (Å²) in [6.07, 6.45) is 5.18. The second-order valence-corrected chi connectivity index (χ2v) is 5.76. The average Bonchev–Trinajstić information content (AvgIpc) is 2.98. The molecule has 3 nitrogen and oxygen atoms in total. The van der Waals surface area contributed by atoms with E-state index >= 15 is 0 Å². The van der Waals surface area contributed by atoms with Gasteiger partial charge in [0.15, 0.2) is 0 Å². The number of hydrogen-bond acceptors (Lipinski definition) is 3. The Balaban J connectivity index is 2.26. The molecule has 0 amide bonds. The highest BCUT2D eigenvalue weighted by molar-refractivity contribution is 6.31. The highest BCUT2D eigenvalue weighted by Crippen LogP contribution is 2.25. The van der Waals surface area contributed by atoms with Crippen molar-refractivity contribution in [3.63, 3.8) is 0 Å². The van der Waals surface area contributed by atoms with Gasteiger partial charge in [-0.05, 0) is 44.9 Å².